The topological polar surface area (TPSA) is 34.1 Å². The fourth-order valence-electron chi connectivity index (χ4n) is 3.68. The molecule has 2 aliphatic heterocycles. The van der Waals surface area contributed by atoms with Crippen molar-refractivity contribution in [1.82, 2.24) is 4.98 Å². The number of aromatic nitrogens is 1. The van der Waals surface area contributed by atoms with E-state index in [-0.39, 0.29) is 6.10 Å². The van der Waals surface area contributed by atoms with Gasteiger partial charge < -0.3 is 10.1 Å². The lowest BCUT2D eigenvalue weighted by atomic mass is 9.77. The van der Waals surface area contributed by atoms with Crippen LogP contribution in [0, 0.1) is 12.8 Å². The molecule has 3 nitrogen and oxygen atoms in total. The Morgan fingerprint density at radius 2 is 2.24 bits per heavy atom. The number of nitrogens with zero attached hydrogens (tertiary/aromatic N) is 1. The van der Waals surface area contributed by atoms with Crippen molar-refractivity contribution in [1.29, 1.82) is 0 Å². The van der Waals surface area contributed by atoms with Gasteiger partial charge in [0.1, 0.15) is 0 Å². The van der Waals surface area contributed by atoms with E-state index in [0.29, 0.717) is 12.0 Å². The molecule has 0 amide bonds. The lowest BCUT2D eigenvalue weighted by Gasteiger charge is -2.43. The number of fused-ring (bicyclic) bond motifs is 3. The Hall–Kier alpha value is -1.87. The molecule has 1 aromatic heterocycles. The van der Waals surface area contributed by atoms with Crippen molar-refractivity contribution in [3.8, 4) is 0 Å². The van der Waals surface area contributed by atoms with E-state index in [0.717, 1.165) is 13.0 Å². The highest BCUT2D eigenvalue weighted by Crippen LogP contribution is 2.48. The van der Waals surface area contributed by atoms with Gasteiger partial charge in [-0.05, 0) is 37.5 Å². The highest BCUT2D eigenvalue weighted by atomic mass is 16.5. The summed E-state index contributed by atoms with van der Waals surface area (Å²) in [5.41, 5.74) is 5.07. The van der Waals surface area contributed by atoms with E-state index < -0.39 is 0 Å². The summed E-state index contributed by atoms with van der Waals surface area (Å²) < 4.78 is 6.15. The molecule has 108 valence electrons. The molecule has 4 rings (SSSR count). The first-order chi connectivity index (χ1) is 10.3. The Balaban J connectivity index is 1.79. The van der Waals surface area contributed by atoms with Crippen LogP contribution in [0.1, 0.15) is 41.7 Å². The molecule has 1 N–H and O–H groups in total. The third kappa shape index (κ3) is 2.22. The van der Waals surface area contributed by atoms with E-state index in [1.54, 1.807) is 0 Å². The van der Waals surface area contributed by atoms with Crippen LogP contribution in [-0.4, -0.2) is 11.6 Å². The van der Waals surface area contributed by atoms with Gasteiger partial charge in [0.2, 0.25) is 0 Å². The molecule has 3 heterocycles. The zero-order chi connectivity index (χ0) is 14.2. The van der Waals surface area contributed by atoms with E-state index in [4.69, 9.17) is 4.74 Å². The summed E-state index contributed by atoms with van der Waals surface area (Å²) in [5.74, 6) is 0.484. The molecule has 3 heteroatoms. The smallest absolute Gasteiger partial charge is 0.0895 e. The molecule has 0 bridgehead atoms. The number of ether oxygens (including phenoxy) is 1. The van der Waals surface area contributed by atoms with Crippen LogP contribution in [0.25, 0.3) is 0 Å². The minimum absolute atomic E-state index is 0.208. The van der Waals surface area contributed by atoms with Crippen LogP contribution in [0.3, 0.4) is 0 Å². The maximum Gasteiger partial charge on any atom is 0.0895 e. The van der Waals surface area contributed by atoms with Crippen LogP contribution in [0.2, 0.25) is 0 Å². The second kappa shape index (κ2) is 5.15. The number of nitrogens with one attached hydrogen (secondary N) is 1. The highest BCUT2D eigenvalue weighted by molar-refractivity contribution is 5.58. The van der Waals surface area contributed by atoms with Crippen LogP contribution >= 0.6 is 0 Å². The quantitative estimate of drug-likeness (QED) is 0.856. The Morgan fingerprint density at radius 3 is 3.10 bits per heavy atom. The SMILES string of the molecule is Cc1ccc2c(c1)[C@H]1OCCC[C@H]1[C@H](c1cccnc1)N2. The first-order valence-electron chi connectivity index (χ1n) is 7.71. The van der Waals surface area contributed by atoms with Crippen LogP contribution in [0.15, 0.2) is 42.7 Å². The average Bonchev–Trinajstić information content (AvgIpc) is 2.55. The van der Waals surface area contributed by atoms with Gasteiger partial charge in [-0.2, -0.15) is 0 Å². The predicted octanol–water partition coefficient (Wildman–Crippen LogP) is 4.02. The van der Waals surface area contributed by atoms with Gasteiger partial charge in [-0.15, -0.1) is 0 Å². The lowest BCUT2D eigenvalue weighted by molar-refractivity contribution is -0.0381. The molecule has 3 atom stereocenters. The van der Waals surface area contributed by atoms with E-state index in [9.17, 15) is 0 Å². The minimum atomic E-state index is 0.208. The minimum Gasteiger partial charge on any atom is -0.377 e. The summed E-state index contributed by atoms with van der Waals surface area (Å²) >= 11 is 0. The van der Waals surface area contributed by atoms with Crippen molar-refractivity contribution in [3.63, 3.8) is 0 Å². The third-order valence-electron chi connectivity index (χ3n) is 4.66. The standard InChI is InChI=1S/C18H20N2O/c1-12-6-7-16-15(10-12)18-14(5-3-9-21-18)17(20-16)13-4-2-8-19-11-13/h2,4,6-8,10-11,14,17-18,20H,3,5,9H2,1H3/t14-,17-,18-/m0/s1. The van der Waals surface area contributed by atoms with E-state index in [2.05, 4.69) is 41.5 Å². The zero-order valence-electron chi connectivity index (χ0n) is 12.3. The van der Waals surface area contributed by atoms with Crippen LogP contribution in [-0.2, 0) is 4.74 Å². The Kier molecular flexibility index (Phi) is 3.15. The summed E-state index contributed by atoms with van der Waals surface area (Å²) in [6, 6.07) is 11.1. The first-order valence-corrected chi connectivity index (χ1v) is 7.71. The first kappa shape index (κ1) is 12.8. The second-order valence-electron chi connectivity index (χ2n) is 6.10. The molecule has 1 saturated heterocycles. The fourth-order valence-corrected chi connectivity index (χ4v) is 3.68. The van der Waals surface area contributed by atoms with Gasteiger partial charge in [0.25, 0.3) is 0 Å². The summed E-state index contributed by atoms with van der Waals surface area (Å²) in [4.78, 5) is 4.29. The Labute approximate surface area is 125 Å². The molecule has 21 heavy (non-hydrogen) atoms. The van der Waals surface area contributed by atoms with E-state index in [1.807, 2.05) is 18.5 Å². The summed E-state index contributed by atoms with van der Waals surface area (Å²) in [5, 5.41) is 3.72. The molecule has 0 aliphatic carbocycles. The number of pyridine rings is 1. The molecule has 0 saturated carbocycles. The average molecular weight is 280 g/mol. The number of aryl methyl sites for hydroxylation is 1. The van der Waals surface area contributed by atoms with Crippen LogP contribution < -0.4 is 5.32 Å². The maximum absolute atomic E-state index is 6.15. The van der Waals surface area contributed by atoms with Crippen molar-refractivity contribution >= 4 is 5.69 Å². The van der Waals surface area contributed by atoms with Gasteiger partial charge in [-0.3, -0.25) is 4.98 Å². The van der Waals surface area contributed by atoms with Crippen molar-refractivity contribution in [3.05, 3.63) is 59.4 Å². The number of rotatable bonds is 1. The molecule has 1 aromatic carbocycles. The van der Waals surface area contributed by atoms with Gasteiger partial charge in [-0.25, -0.2) is 0 Å². The number of hydrogen-bond donors (Lipinski definition) is 1. The predicted molar refractivity (Wildman–Crippen MR) is 83.2 cm³/mol. The summed E-state index contributed by atoms with van der Waals surface area (Å²) in [6.45, 7) is 3.01. The normalized spacial score (nSPS) is 27.4. The number of benzene rings is 1. The van der Waals surface area contributed by atoms with E-state index in [1.165, 1.54) is 28.8 Å². The van der Waals surface area contributed by atoms with Crippen LogP contribution in [0.4, 0.5) is 5.69 Å². The number of hydrogen-bond acceptors (Lipinski definition) is 3. The van der Waals surface area contributed by atoms with Crippen LogP contribution in [0.5, 0.6) is 0 Å². The summed E-state index contributed by atoms with van der Waals surface area (Å²) in [7, 11) is 0. The molecular weight excluding hydrogens is 260 g/mol. The molecule has 0 spiro atoms. The van der Waals surface area contributed by atoms with Crippen molar-refractivity contribution in [2.75, 3.05) is 11.9 Å². The molecular formula is C18H20N2O. The largest absolute Gasteiger partial charge is 0.377 e. The summed E-state index contributed by atoms with van der Waals surface area (Å²) in [6.07, 6.45) is 6.35. The third-order valence-corrected chi connectivity index (χ3v) is 4.66. The monoisotopic (exact) mass is 280 g/mol. The fraction of sp³-hybridized carbons (Fsp3) is 0.389. The molecule has 2 aliphatic rings. The molecule has 1 fully saturated rings. The van der Waals surface area contributed by atoms with Crippen molar-refractivity contribution < 1.29 is 4.74 Å². The molecule has 0 radical (unpaired) electrons. The van der Waals surface area contributed by atoms with Gasteiger partial charge >= 0.3 is 0 Å². The molecule has 0 unspecified atom stereocenters. The Morgan fingerprint density at radius 1 is 1.29 bits per heavy atom. The van der Waals surface area contributed by atoms with Gasteiger partial charge in [-0.1, -0.05) is 23.8 Å². The maximum atomic E-state index is 6.15. The lowest BCUT2D eigenvalue weighted by Crippen LogP contribution is -2.36. The highest BCUT2D eigenvalue weighted by Gasteiger charge is 2.39. The zero-order valence-corrected chi connectivity index (χ0v) is 12.3. The van der Waals surface area contributed by atoms with Crippen molar-refractivity contribution in [2.45, 2.75) is 31.9 Å². The van der Waals surface area contributed by atoms with Gasteiger partial charge in [0.15, 0.2) is 0 Å². The second-order valence-corrected chi connectivity index (χ2v) is 6.10. The Bertz CT molecular complexity index is 641. The van der Waals surface area contributed by atoms with Gasteiger partial charge in [0, 0.05) is 36.2 Å². The molecule has 2 aromatic rings. The number of anilines is 1. The van der Waals surface area contributed by atoms with Crippen molar-refractivity contribution in [2.24, 2.45) is 5.92 Å². The van der Waals surface area contributed by atoms with Gasteiger partial charge in [0.05, 0.1) is 12.1 Å². The van der Waals surface area contributed by atoms with E-state index >= 15 is 0 Å².